The first-order valence-corrected chi connectivity index (χ1v) is 20.4. The number of aromatic carboxylic acids is 4. The van der Waals surface area contributed by atoms with Gasteiger partial charge >= 0.3 is 0 Å². The van der Waals surface area contributed by atoms with Crippen molar-refractivity contribution < 1.29 is 39.6 Å². The Labute approximate surface area is 399 Å². The third kappa shape index (κ3) is 16.7. The Morgan fingerprint density at radius 3 is 0.569 bits per heavy atom. The van der Waals surface area contributed by atoms with Crippen LogP contribution in [0.1, 0.15) is 85.9 Å². The largest absolute Gasteiger partial charge is 0.545 e. The van der Waals surface area contributed by atoms with E-state index in [9.17, 15) is 39.6 Å². The Balaban J connectivity index is 0.000000189. The molecule has 0 aliphatic rings. The normalized spacial score (nSPS) is 9.85. The van der Waals surface area contributed by atoms with E-state index in [4.69, 9.17) is 0 Å². The average Bonchev–Trinajstić information content (AvgIpc) is 3.31. The maximum atomic E-state index is 10.9. The molecule has 65 heavy (non-hydrogen) atoms. The van der Waals surface area contributed by atoms with Gasteiger partial charge in [0.2, 0.25) is 0 Å². The van der Waals surface area contributed by atoms with Gasteiger partial charge in [0, 0.05) is 49.6 Å². The maximum absolute atomic E-state index is 10.9. The van der Waals surface area contributed by atoms with Crippen molar-refractivity contribution in [2.24, 2.45) is 0 Å². The summed E-state index contributed by atoms with van der Waals surface area (Å²) in [6.07, 6.45) is 2.46. The summed E-state index contributed by atoms with van der Waals surface area (Å²) < 4.78 is 0. The van der Waals surface area contributed by atoms with E-state index in [0.29, 0.717) is 25.7 Å². The summed E-state index contributed by atoms with van der Waals surface area (Å²) in [4.78, 5) is 43.6. The summed E-state index contributed by atoms with van der Waals surface area (Å²) in [7, 11) is 0. The molecule has 0 N–H and O–H groups in total. The van der Waals surface area contributed by atoms with E-state index in [1.807, 2.05) is 170 Å². The van der Waals surface area contributed by atoms with E-state index in [1.54, 1.807) is 48.5 Å². The number of hydrogen-bond acceptors (Lipinski definition) is 8. The fourth-order valence-electron chi connectivity index (χ4n) is 6.76. The molecule has 8 aromatic carbocycles. The van der Waals surface area contributed by atoms with Gasteiger partial charge in [0.1, 0.15) is 0 Å². The molecule has 0 spiro atoms. The van der Waals surface area contributed by atoms with Crippen molar-refractivity contribution in [3.63, 3.8) is 0 Å². The number of carboxylic acid groups (broad SMARTS) is 4. The van der Waals surface area contributed by atoms with Gasteiger partial charge in [-0.25, -0.2) is 0 Å². The zero-order chi connectivity index (χ0) is 45.5. The molecule has 324 valence electrons. The summed E-state index contributed by atoms with van der Waals surface area (Å²) in [5.41, 5.74) is 8.60. The maximum Gasteiger partial charge on any atom is 0.0718 e. The van der Waals surface area contributed by atoms with Crippen LogP contribution in [0.15, 0.2) is 218 Å². The van der Waals surface area contributed by atoms with Crippen molar-refractivity contribution in [2.75, 3.05) is 0 Å². The molecule has 8 aromatic rings. The van der Waals surface area contributed by atoms with E-state index in [2.05, 4.69) is 0 Å². The molecule has 9 heteroatoms. The second-order valence-corrected chi connectivity index (χ2v) is 14.4. The first-order chi connectivity index (χ1) is 31.1. The van der Waals surface area contributed by atoms with Crippen LogP contribution in [0.3, 0.4) is 0 Å². The molecule has 0 aliphatic carbocycles. The molecule has 0 heterocycles. The minimum atomic E-state index is -1.12. The summed E-state index contributed by atoms with van der Waals surface area (Å²) in [5, 5.41) is 43.6. The number of carbonyl (C=O) groups is 4. The molecule has 0 amide bonds. The fraction of sp³-hybridized carbons (Fsp3) is 0.0714. The molecule has 0 saturated carbocycles. The summed E-state index contributed by atoms with van der Waals surface area (Å²) >= 11 is 0. The second kappa shape index (κ2) is 26.9. The number of benzene rings is 8. The van der Waals surface area contributed by atoms with E-state index in [-0.39, 0.29) is 49.6 Å². The molecule has 0 aliphatic heterocycles. The van der Waals surface area contributed by atoms with Gasteiger partial charge in [0.15, 0.2) is 0 Å². The third-order valence-electron chi connectivity index (χ3n) is 9.90. The van der Waals surface area contributed by atoms with Gasteiger partial charge in [-0.05, 0) is 70.2 Å². The molecule has 0 atom stereocenters. The smallest absolute Gasteiger partial charge is 0.0718 e. The van der Waals surface area contributed by atoms with Gasteiger partial charge < -0.3 is 39.6 Å². The zero-order valence-corrected chi connectivity index (χ0v) is 39.3. The third-order valence-corrected chi connectivity index (χ3v) is 9.90. The first-order valence-electron chi connectivity index (χ1n) is 20.4. The molecule has 8 rings (SSSR count). The van der Waals surface area contributed by atoms with Crippen molar-refractivity contribution in [2.45, 2.75) is 25.7 Å². The van der Waals surface area contributed by atoms with Crippen LogP contribution in [0.4, 0.5) is 0 Å². The Morgan fingerprint density at radius 2 is 0.400 bits per heavy atom. The second-order valence-electron chi connectivity index (χ2n) is 14.4. The number of hydrogen-bond donors (Lipinski definition) is 0. The molecule has 0 aromatic heterocycles. The summed E-state index contributed by atoms with van der Waals surface area (Å²) in [6, 6.07) is 66.9. The fourth-order valence-corrected chi connectivity index (χ4v) is 6.76. The van der Waals surface area contributed by atoms with Crippen molar-refractivity contribution in [3.05, 3.63) is 285 Å². The Hall–Kier alpha value is -7.44. The Morgan fingerprint density at radius 1 is 0.246 bits per heavy atom. The average molecular weight is 1050 g/mol. The van der Waals surface area contributed by atoms with E-state index >= 15 is 0 Å². The van der Waals surface area contributed by atoms with Gasteiger partial charge in [-0.15, -0.1) is 0 Å². The van der Waals surface area contributed by atoms with Crippen LogP contribution in [0.2, 0.25) is 0 Å². The summed E-state index contributed by atoms with van der Waals surface area (Å²) in [5.74, 6) is -4.48. The quantitative estimate of drug-likeness (QED) is 0.131. The molecule has 0 unspecified atom stereocenters. The van der Waals surface area contributed by atoms with Gasteiger partial charge in [0.25, 0.3) is 0 Å². The van der Waals surface area contributed by atoms with Crippen LogP contribution >= 0.6 is 0 Å². The Bertz CT molecular complexity index is 2340. The van der Waals surface area contributed by atoms with Gasteiger partial charge in [-0.3, -0.25) is 0 Å². The van der Waals surface area contributed by atoms with Crippen molar-refractivity contribution in [3.8, 4) is 0 Å². The van der Waals surface area contributed by atoms with Crippen LogP contribution < -0.4 is 20.4 Å². The predicted molar refractivity (Wildman–Crippen MR) is 246 cm³/mol. The van der Waals surface area contributed by atoms with Crippen molar-refractivity contribution >= 4 is 51.2 Å². The monoisotopic (exact) mass is 1050 g/mol. The molecule has 0 saturated heterocycles. The molecular weight excluding hydrogens is 1010 g/mol. The molecule has 0 bridgehead atoms. The van der Waals surface area contributed by atoms with Crippen LogP contribution in [0, 0.1) is 0 Å². The standard InChI is InChI=1S/4C14H12O2.Pb/c4*15-14(16)13-9-5-4-8-12(13)10-11-6-2-1-3-7-11;/h4*1-9H,10H2,(H,15,16);/p-4. The minimum absolute atomic E-state index is 0. The van der Waals surface area contributed by atoms with Gasteiger partial charge in [-0.1, -0.05) is 218 Å². The first kappa shape index (κ1) is 50.2. The molecule has 0 fully saturated rings. The van der Waals surface area contributed by atoms with E-state index in [1.165, 1.54) is 0 Å². The number of rotatable bonds is 12. The predicted octanol–water partition coefficient (Wildman–Crippen LogP) is 6.18. The van der Waals surface area contributed by atoms with Crippen molar-refractivity contribution in [1.82, 2.24) is 0 Å². The minimum Gasteiger partial charge on any atom is -0.545 e. The Kier molecular flexibility index (Phi) is 20.8. The van der Waals surface area contributed by atoms with Crippen LogP contribution in [-0.2, 0) is 25.7 Å². The topological polar surface area (TPSA) is 161 Å². The molecule has 4 radical (unpaired) electrons. The van der Waals surface area contributed by atoms with Crippen LogP contribution in [-0.4, -0.2) is 51.2 Å². The summed E-state index contributed by atoms with van der Waals surface area (Å²) in [6.45, 7) is 0. The van der Waals surface area contributed by atoms with E-state index in [0.717, 1.165) is 44.5 Å². The van der Waals surface area contributed by atoms with Crippen molar-refractivity contribution in [1.29, 1.82) is 0 Å². The number of carbonyl (C=O) groups excluding carboxylic acids is 4. The number of carboxylic acids is 4. The molecule has 8 nitrogen and oxygen atoms in total. The van der Waals surface area contributed by atoms with Gasteiger partial charge in [0.05, 0.1) is 23.9 Å². The molecular formula is C56H44O8Pb-4. The van der Waals surface area contributed by atoms with Gasteiger partial charge in [-0.2, -0.15) is 0 Å². The van der Waals surface area contributed by atoms with Crippen LogP contribution in [0.25, 0.3) is 0 Å². The SMILES string of the molecule is O=C([O-])c1ccccc1Cc1ccccc1.O=C([O-])c1ccccc1Cc1ccccc1.O=C([O-])c1ccccc1Cc1ccccc1.O=C([O-])c1ccccc1Cc1ccccc1.[Pb]. The zero-order valence-electron chi connectivity index (χ0n) is 35.4. The van der Waals surface area contributed by atoms with Crippen LogP contribution in [0.5, 0.6) is 0 Å². The van der Waals surface area contributed by atoms with E-state index < -0.39 is 23.9 Å².